The van der Waals surface area contributed by atoms with Crippen molar-refractivity contribution in [2.45, 2.75) is 6.18 Å². The lowest BCUT2D eigenvalue weighted by atomic mass is 10.1. The van der Waals surface area contributed by atoms with E-state index in [1.165, 1.54) is 6.08 Å². The first-order chi connectivity index (χ1) is 10.8. The summed E-state index contributed by atoms with van der Waals surface area (Å²) in [5.74, 6) is -0.680. The van der Waals surface area contributed by atoms with E-state index in [-0.39, 0.29) is 16.8 Å². The van der Waals surface area contributed by atoms with E-state index in [1.807, 2.05) is 0 Å². The number of hydrogen-bond acceptors (Lipinski definition) is 5. The molecule has 1 aromatic rings. The number of nitrogens with zero attached hydrogens (tertiary/aromatic N) is 2. The molecule has 1 N–H and O–H groups in total. The second-order valence-electron chi connectivity index (χ2n) is 4.08. The van der Waals surface area contributed by atoms with Crippen LogP contribution >= 0.6 is 0 Å². The molecule has 0 atom stereocenters. The maximum absolute atomic E-state index is 12.8. The number of rotatable bonds is 4. The average Bonchev–Trinajstić information content (AvgIpc) is 2.53. The minimum absolute atomic E-state index is 0.0250. The number of halogens is 3. The SMILES string of the molecule is COC(=O)C=Cc1ccc(C(F)(F)F)cc1NC=C(C#N)C#N. The zero-order valence-electron chi connectivity index (χ0n) is 11.8. The average molecular weight is 321 g/mol. The lowest BCUT2D eigenvalue weighted by Crippen LogP contribution is -2.06. The summed E-state index contributed by atoms with van der Waals surface area (Å²) in [5, 5.41) is 19.7. The number of allylic oxidation sites excluding steroid dienone is 1. The van der Waals surface area contributed by atoms with Gasteiger partial charge in [-0.25, -0.2) is 4.79 Å². The van der Waals surface area contributed by atoms with Crippen molar-refractivity contribution in [2.75, 3.05) is 12.4 Å². The van der Waals surface area contributed by atoms with Crippen molar-refractivity contribution in [3.05, 3.63) is 47.2 Å². The van der Waals surface area contributed by atoms with Gasteiger partial charge in [0, 0.05) is 18.0 Å². The van der Waals surface area contributed by atoms with Gasteiger partial charge in [0.25, 0.3) is 0 Å². The summed E-state index contributed by atoms with van der Waals surface area (Å²) < 4.78 is 42.7. The predicted octanol–water partition coefficient (Wildman–Crippen LogP) is 3.23. The third-order valence-corrected chi connectivity index (χ3v) is 2.59. The Bertz CT molecular complexity index is 722. The number of carbonyl (C=O) groups is 1. The molecule has 0 saturated heterocycles. The second kappa shape index (κ2) is 7.66. The fourth-order valence-corrected chi connectivity index (χ4v) is 1.47. The molecule has 23 heavy (non-hydrogen) atoms. The van der Waals surface area contributed by atoms with E-state index in [9.17, 15) is 18.0 Å². The fourth-order valence-electron chi connectivity index (χ4n) is 1.47. The van der Waals surface area contributed by atoms with Crippen LogP contribution in [-0.4, -0.2) is 13.1 Å². The molecule has 0 bridgehead atoms. The Hall–Kier alpha value is -3.26. The molecule has 0 unspecified atom stereocenters. The highest BCUT2D eigenvalue weighted by molar-refractivity contribution is 5.88. The smallest absolute Gasteiger partial charge is 0.416 e. The molecule has 0 aliphatic heterocycles. The molecule has 0 spiro atoms. The molecule has 0 aliphatic carbocycles. The van der Waals surface area contributed by atoms with Crippen molar-refractivity contribution >= 4 is 17.7 Å². The molecule has 0 heterocycles. The Kier molecular flexibility index (Phi) is 5.93. The van der Waals surface area contributed by atoms with Gasteiger partial charge < -0.3 is 10.1 Å². The number of ether oxygens (including phenoxy) is 1. The van der Waals surface area contributed by atoms with Crippen LogP contribution in [0.4, 0.5) is 18.9 Å². The van der Waals surface area contributed by atoms with E-state index in [2.05, 4.69) is 10.1 Å². The lowest BCUT2D eigenvalue weighted by molar-refractivity contribution is -0.137. The number of nitriles is 2. The Morgan fingerprint density at radius 1 is 1.30 bits per heavy atom. The van der Waals surface area contributed by atoms with Crippen LogP contribution < -0.4 is 5.32 Å². The molecule has 1 aromatic carbocycles. The van der Waals surface area contributed by atoms with Gasteiger partial charge in [0.15, 0.2) is 0 Å². The number of anilines is 1. The highest BCUT2D eigenvalue weighted by Gasteiger charge is 2.30. The fraction of sp³-hybridized carbons (Fsp3) is 0.133. The molecular formula is C15H10F3N3O2. The zero-order chi connectivity index (χ0) is 17.5. The quantitative estimate of drug-likeness (QED) is 0.523. The second-order valence-corrected chi connectivity index (χ2v) is 4.08. The van der Waals surface area contributed by atoms with Crippen molar-refractivity contribution < 1.29 is 22.7 Å². The molecule has 0 radical (unpaired) electrons. The molecule has 0 amide bonds. The van der Waals surface area contributed by atoms with Gasteiger partial charge in [-0.1, -0.05) is 6.07 Å². The Labute approximate surface area is 129 Å². The molecule has 5 nitrogen and oxygen atoms in total. The van der Waals surface area contributed by atoms with Crippen LogP contribution in [-0.2, 0) is 15.7 Å². The number of benzene rings is 1. The van der Waals surface area contributed by atoms with Crippen LogP contribution in [0.25, 0.3) is 6.08 Å². The lowest BCUT2D eigenvalue weighted by Gasteiger charge is -2.11. The highest BCUT2D eigenvalue weighted by atomic mass is 19.4. The summed E-state index contributed by atoms with van der Waals surface area (Å²) in [4.78, 5) is 11.1. The van der Waals surface area contributed by atoms with Crippen molar-refractivity contribution in [1.29, 1.82) is 10.5 Å². The van der Waals surface area contributed by atoms with Crippen LogP contribution in [0.3, 0.4) is 0 Å². The summed E-state index contributed by atoms with van der Waals surface area (Å²) in [6.07, 6.45) is -1.30. The molecule has 0 saturated carbocycles. The normalized spacial score (nSPS) is 10.5. The maximum Gasteiger partial charge on any atom is 0.416 e. The molecule has 0 aromatic heterocycles. The van der Waals surface area contributed by atoms with Gasteiger partial charge in [0.1, 0.15) is 17.7 Å². The Morgan fingerprint density at radius 2 is 1.96 bits per heavy atom. The number of nitrogens with one attached hydrogen (secondary N) is 1. The predicted molar refractivity (Wildman–Crippen MR) is 75.4 cm³/mol. The first-order valence-electron chi connectivity index (χ1n) is 6.06. The summed E-state index contributed by atoms with van der Waals surface area (Å²) >= 11 is 0. The van der Waals surface area contributed by atoms with Crippen molar-refractivity contribution in [3.63, 3.8) is 0 Å². The van der Waals surface area contributed by atoms with Gasteiger partial charge in [-0.3, -0.25) is 0 Å². The molecule has 118 valence electrons. The van der Waals surface area contributed by atoms with Gasteiger partial charge in [-0.15, -0.1) is 0 Å². The third-order valence-electron chi connectivity index (χ3n) is 2.59. The summed E-state index contributed by atoms with van der Waals surface area (Å²) in [5.41, 5.74) is -1.01. The van der Waals surface area contributed by atoms with Gasteiger partial charge in [-0.2, -0.15) is 23.7 Å². The van der Waals surface area contributed by atoms with E-state index in [0.717, 1.165) is 37.6 Å². The monoisotopic (exact) mass is 321 g/mol. The van der Waals surface area contributed by atoms with Crippen molar-refractivity contribution in [1.82, 2.24) is 0 Å². The van der Waals surface area contributed by atoms with Crippen LogP contribution in [0.15, 0.2) is 36.0 Å². The van der Waals surface area contributed by atoms with Crippen molar-refractivity contribution in [2.24, 2.45) is 0 Å². The van der Waals surface area contributed by atoms with Gasteiger partial charge in [0.05, 0.1) is 12.7 Å². The minimum Gasteiger partial charge on any atom is -0.466 e. The molecular weight excluding hydrogens is 311 g/mol. The number of methoxy groups -OCH3 is 1. The highest BCUT2D eigenvalue weighted by Crippen LogP contribution is 2.32. The first-order valence-corrected chi connectivity index (χ1v) is 6.06. The molecule has 0 fully saturated rings. The van der Waals surface area contributed by atoms with E-state index in [0.29, 0.717) is 0 Å². The number of carbonyl (C=O) groups excluding carboxylic acids is 1. The Balaban J connectivity index is 3.27. The number of hydrogen-bond donors (Lipinski definition) is 1. The summed E-state index contributed by atoms with van der Waals surface area (Å²) in [6, 6.07) is 5.94. The van der Waals surface area contributed by atoms with E-state index in [4.69, 9.17) is 10.5 Å². The van der Waals surface area contributed by atoms with E-state index in [1.54, 1.807) is 12.1 Å². The zero-order valence-corrected chi connectivity index (χ0v) is 11.8. The topological polar surface area (TPSA) is 85.9 Å². The van der Waals surface area contributed by atoms with Crippen LogP contribution in [0, 0.1) is 22.7 Å². The van der Waals surface area contributed by atoms with Gasteiger partial charge >= 0.3 is 12.1 Å². The summed E-state index contributed by atoms with van der Waals surface area (Å²) in [6.45, 7) is 0. The largest absolute Gasteiger partial charge is 0.466 e. The van der Waals surface area contributed by atoms with Gasteiger partial charge in [0.2, 0.25) is 0 Å². The van der Waals surface area contributed by atoms with E-state index < -0.39 is 17.7 Å². The first kappa shape index (κ1) is 17.8. The van der Waals surface area contributed by atoms with Gasteiger partial charge in [-0.05, 0) is 23.8 Å². The molecule has 8 heteroatoms. The maximum atomic E-state index is 12.8. The van der Waals surface area contributed by atoms with E-state index >= 15 is 0 Å². The van der Waals surface area contributed by atoms with Crippen LogP contribution in [0.2, 0.25) is 0 Å². The van der Waals surface area contributed by atoms with Crippen molar-refractivity contribution in [3.8, 4) is 12.1 Å². The van der Waals surface area contributed by atoms with Crippen LogP contribution in [0.5, 0.6) is 0 Å². The number of alkyl halides is 3. The summed E-state index contributed by atoms with van der Waals surface area (Å²) in [7, 11) is 1.16. The van der Waals surface area contributed by atoms with Crippen LogP contribution in [0.1, 0.15) is 11.1 Å². The standard InChI is InChI=1S/C15H10F3N3O2/c1-23-14(22)5-3-11-2-4-12(15(16,17)18)6-13(11)21-9-10(7-19)8-20/h2-6,9,21H,1H3. The minimum atomic E-state index is -4.56. The Morgan fingerprint density at radius 3 is 2.48 bits per heavy atom. The molecule has 0 aliphatic rings. The molecule has 1 rings (SSSR count). The number of esters is 1. The third kappa shape index (κ3) is 5.21.